The lowest BCUT2D eigenvalue weighted by Crippen LogP contribution is -2.44. The second kappa shape index (κ2) is 6.08. The molecule has 0 aromatic carbocycles. The van der Waals surface area contributed by atoms with E-state index in [-0.39, 0.29) is 16.3 Å². The molecule has 0 bridgehead atoms. The molecule has 1 amide bonds. The Bertz CT molecular complexity index is 607. The van der Waals surface area contributed by atoms with Crippen LogP contribution in [0.5, 0.6) is 0 Å². The molecule has 2 aliphatic rings. The lowest BCUT2D eigenvalue weighted by molar-refractivity contribution is -0.143. The first-order valence-electron chi connectivity index (χ1n) is 7.52. The summed E-state index contributed by atoms with van der Waals surface area (Å²) >= 11 is 3.04. The molecule has 1 atom stereocenters. The smallest absolute Gasteiger partial charge is 0.378 e. The molecule has 2 fully saturated rings. The zero-order valence-electron chi connectivity index (χ0n) is 12.6. The number of rotatable bonds is 3. The van der Waals surface area contributed by atoms with Crippen LogP contribution in [0.3, 0.4) is 0 Å². The van der Waals surface area contributed by atoms with Crippen molar-refractivity contribution in [2.75, 3.05) is 26.3 Å². The van der Waals surface area contributed by atoms with Gasteiger partial charge in [0.05, 0.1) is 23.4 Å². The fourth-order valence-corrected chi connectivity index (χ4v) is 3.59. The zero-order chi connectivity index (χ0) is 16.8. The third kappa shape index (κ3) is 3.26. The van der Waals surface area contributed by atoms with Crippen LogP contribution in [-0.2, 0) is 15.7 Å². The van der Waals surface area contributed by atoms with Crippen LogP contribution in [0.15, 0.2) is 4.47 Å². The number of morpholine rings is 1. The molecule has 23 heavy (non-hydrogen) atoms. The molecule has 1 aliphatic heterocycles. The Morgan fingerprint density at radius 2 is 1.96 bits per heavy atom. The Balaban J connectivity index is 1.93. The first kappa shape index (κ1) is 16.8. The van der Waals surface area contributed by atoms with Crippen LogP contribution in [-0.4, -0.2) is 46.9 Å². The molecule has 3 rings (SSSR count). The number of hydrogen-bond acceptors (Lipinski definition) is 3. The Kier molecular flexibility index (Phi) is 4.43. The quantitative estimate of drug-likeness (QED) is 0.790. The van der Waals surface area contributed by atoms with Gasteiger partial charge in [0.2, 0.25) is 5.91 Å². The van der Waals surface area contributed by atoms with Crippen molar-refractivity contribution >= 4 is 21.8 Å². The van der Waals surface area contributed by atoms with Crippen molar-refractivity contribution in [3.8, 4) is 0 Å². The number of aromatic nitrogens is 2. The van der Waals surface area contributed by atoms with E-state index in [1.807, 2.05) is 0 Å². The summed E-state index contributed by atoms with van der Waals surface area (Å²) < 4.78 is 45.8. The number of amides is 1. The topological polar surface area (TPSA) is 47.4 Å². The van der Waals surface area contributed by atoms with Gasteiger partial charge in [-0.2, -0.15) is 18.3 Å². The van der Waals surface area contributed by atoms with Crippen molar-refractivity contribution in [3.05, 3.63) is 15.9 Å². The van der Waals surface area contributed by atoms with Gasteiger partial charge in [0.25, 0.3) is 0 Å². The summed E-state index contributed by atoms with van der Waals surface area (Å²) in [5, 5.41) is 3.72. The van der Waals surface area contributed by atoms with E-state index in [1.165, 1.54) is 4.68 Å². The molecule has 2 heterocycles. The monoisotopic (exact) mass is 395 g/mol. The van der Waals surface area contributed by atoms with Gasteiger partial charge >= 0.3 is 6.18 Å². The zero-order valence-corrected chi connectivity index (χ0v) is 14.2. The van der Waals surface area contributed by atoms with Crippen LogP contribution in [0.1, 0.15) is 43.1 Å². The molecule has 1 unspecified atom stereocenters. The van der Waals surface area contributed by atoms with Gasteiger partial charge in [0.1, 0.15) is 6.04 Å². The number of halogens is 4. The van der Waals surface area contributed by atoms with Gasteiger partial charge in [-0.3, -0.25) is 9.48 Å². The maximum atomic E-state index is 13.1. The van der Waals surface area contributed by atoms with Crippen molar-refractivity contribution in [2.45, 2.75) is 37.9 Å². The molecule has 1 aromatic heterocycles. The van der Waals surface area contributed by atoms with Crippen molar-refractivity contribution in [1.29, 1.82) is 0 Å². The van der Waals surface area contributed by atoms with Crippen LogP contribution in [0.2, 0.25) is 0 Å². The van der Waals surface area contributed by atoms with Gasteiger partial charge < -0.3 is 9.64 Å². The Morgan fingerprint density at radius 3 is 2.48 bits per heavy atom. The fraction of sp³-hybridized carbons (Fsp3) is 0.714. The van der Waals surface area contributed by atoms with E-state index in [4.69, 9.17) is 4.74 Å². The standard InChI is InChI=1S/C14H17BrF3N3O2/c1-8(13(22)20-4-6-23-7-5-20)21-11(9-2-3-9)10(15)12(19-21)14(16,17)18/h8-9H,2-7H2,1H3. The van der Waals surface area contributed by atoms with E-state index in [1.54, 1.807) is 11.8 Å². The van der Waals surface area contributed by atoms with Crippen molar-refractivity contribution in [1.82, 2.24) is 14.7 Å². The number of ether oxygens (including phenoxy) is 1. The predicted octanol–water partition coefficient (Wildman–Crippen LogP) is 2.96. The SMILES string of the molecule is CC(C(=O)N1CCOCC1)n1nc(C(F)(F)F)c(Br)c1C1CC1. The second-order valence-electron chi connectivity index (χ2n) is 5.88. The first-order valence-corrected chi connectivity index (χ1v) is 8.31. The fourth-order valence-electron chi connectivity index (χ4n) is 2.78. The molecular weight excluding hydrogens is 379 g/mol. The van der Waals surface area contributed by atoms with E-state index in [9.17, 15) is 18.0 Å². The number of carbonyl (C=O) groups is 1. The highest BCUT2D eigenvalue weighted by atomic mass is 79.9. The summed E-state index contributed by atoms with van der Waals surface area (Å²) in [7, 11) is 0. The van der Waals surface area contributed by atoms with Crippen LogP contribution >= 0.6 is 15.9 Å². The van der Waals surface area contributed by atoms with E-state index in [2.05, 4.69) is 21.0 Å². The lowest BCUT2D eigenvalue weighted by atomic mass is 10.2. The minimum absolute atomic E-state index is 0.0332. The maximum Gasteiger partial charge on any atom is 0.436 e. The van der Waals surface area contributed by atoms with Crippen molar-refractivity contribution < 1.29 is 22.7 Å². The van der Waals surface area contributed by atoms with Crippen LogP contribution in [0.4, 0.5) is 13.2 Å². The molecular formula is C14H17BrF3N3O2. The highest BCUT2D eigenvalue weighted by Crippen LogP contribution is 2.47. The third-order valence-electron chi connectivity index (χ3n) is 4.17. The molecule has 1 aliphatic carbocycles. The molecule has 1 saturated carbocycles. The van der Waals surface area contributed by atoms with Crippen LogP contribution < -0.4 is 0 Å². The van der Waals surface area contributed by atoms with Crippen LogP contribution in [0, 0.1) is 0 Å². The Morgan fingerprint density at radius 1 is 1.35 bits per heavy atom. The summed E-state index contributed by atoms with van der Waals surface area (Å²) in [6.07, 6.45) is -2.91. The summed E-state index contributed by atoms with van der Waals surface area (Å²) in [6.45, 7) is 3.41. The highest BCUT2D eigenvalue weighted by Gasteiger charge is 2.43. The molecule has 128 valence electrons. The van der Waals surface area contributed by atoms with Crippen molar-refractivity contribution in [3.63, 3.8) is 0 Å². The summed E-state index contributed by atoms with van der Waals surface area (Å²) in [5.74, 6) is -0.188. The van der Waals surface area contributed by atoms with E-state index in [0.29, 0.717) is 32.0 Å². The van der Waals surface area contributed by atoms with Gasteiger partial charge in [-0.15, -0.1) is 0 Å². The number of nitrogens with zero attached hydrogens (tertiary/aromatic N) is 3. The Labute approximate surface area is 139 Å². The van der Waals surface area contributed by atoms with E-state index < -0.39 is 17.9 Å². The minimum Gasteiger partial charge on any atom is -0.378 e. The van der Waals surface area contributed by atoms with E-state index in [0.717, 1.165) is 12.8 Å². The molecule has 1 aromatic rings. The summed E-state index contributed by atoms with van der Waals surface area (Å²) in [6, 6.07) is -0.768. The van der Waals surface area contributed by atoms with Gasteiger partial charge in [-0.05, 0) is 35.7 Å². The lowest BCUT2D eigenvalue weighted by Gasteiger charge is -2.29. The van der Waals surface area contributed by atoms with Crippen molar-refractivity contribution in [2.24, 2.45) is 0 Å². The number of hydrogen-bond donors (Lipinski definition) is 0. The largest absolute Gasteiger partial charge is 0.436 e. The third-order valence-corrected chi connectivity index (χ3v) is 4.95. The first-order chi connectivity index (χ1) is 10.8. The molecule has 0 spiro atoms. The normalized spacial score (nSPS) is 20.7. The minimum atomic E-state index is -4.55. The van der Waals surface area contributed by atoms with Gasteiger partial charge in [0.15, 0.2) is 5.69 Å². The molecule has 0 radical (unpaired) electrons. The average Bonchev–Trinajstić information content (AvgIpc) is 3.28. The van der Waals surface area contributed by atoms with Gasteiger partial charge in [0, 0.05) is 19.0 Å². The predicted molar refractivity (Wildman–Crippen MR) is 79.0 cm³/mol. The summed E-state index contributed by atoms with van der Waals surface area (Å²) in [4.78, 5) is 14.2. The maximum absolute atomic E-state index is 13.1. The van der Waals surface area contributed by atoms with E-state index >= 15 is 0 Å². The van der Waals surface area contributed by atoms with Gasteiger partial charge in [-0.1, -0.05) is 0 Å². The molecule has 1 saturated heterocycles. The van der Waals surface area contributed by atoms with Crippen LogP contribution in [0.25, 0.3) is 0 Å². The highest BCUT2D eigenvalue weighted by molar-refractivity contribution is 9.10. The van der Waals surface area contributed by atoms with Gasteiger partial charge in [-0.25, -0.2) is 0 Å². The molecule has 5 nitrogen and oxygen atoms in total. The summed E-state index contributed by atoms with van der Waals surface area (Å²) in [5.41, 5.74) is -0.479. The number of alkyl halides is 3. The number of carbonyl (C=O) groups excluding carboxylic acids is 1. The Hall–Kier alpha value is -1.09. The second-order valence-corrected chi connectivity index (χ2v) is 6.67. The average molecular weight is 396 g/mol. The molecule has 0 N–H and O–H groups in total. The molecule has 9 heteroatoms.